The van der Waals surface area contributed by atoms with Gasteiger partial charge in [0.15, 0.2) is 13.1 Å². The van der Waals surface area contributed by atoms with Crippen molar-refractivity contribution in [2.75, 3.05) is 32.0 Å². The summed E-state index contributed by atoms with van der Waals surface area (Å²) in [5.41, 5.74) is 0.586. The van der Waals surface area contributed by atoms with E-state index < -0.39 is 0 Å². The number of halogens is 1. The van der Waals surface area contributed by atoms with Gasteiger partial charge in [0.05, 0.1) is 17.8 Å². The van der Waals surface area contributed by atoms with Crippen LogP contribution in [0.15, 0.2) is 24.3 Å². The number of quaternary nitrogens is 1. The molecule has 0 spiro atoms. The molecule has 0 aliphatic carbocycles. The molecule has 0 aliphatic heterocycles. The minimum atomic E-state index is -0.166. The van der Waals surface area contributed by atoms with E-state index in [1.54, 1.807) is 24.3 Å². The van der Waals surface area contributed by atoms with Crippen LogP contribution in [0.25, 0.3) is 0 Å². The van der Waals surface area contributed by atoms with E-state index in [4.69, 9.17) is 11.6 Å². The van der Waals surface area contributed by atoms with E-state index in [1.807, 2.05) is 7.05 Å². The molecule has 1 rings (SSSR count). The van der Waals surface area contributed by atoms with Crippen LogP contribution < -0.4 is 15.5 Å². The third-order valence-electron chi connectivity index (χ3n) is 3.12. The number of rotatable bonds is 8. The first-order valence-electron chi connectivity index (χ1n) is 7.51. The molecule has 0 fully saturated rings. The molecule has 1 aromatic carbocycles. The number of nitrogens with one attached hydrogen (secondary N) is 3. The number of benzene rings is 1. The summed E-state index contributed by atoms with van der Waals surface area (Å²) >= 11 is 5.99. The molecule has 2 amide bonds. The number of hydrogen-bond acceptors (Lipinski definition) is 2. The maximum atomic E-state index is 11.9. The van der Waals surface area contributed by atoms with Crippen molar-refractivity contribution in [2.45, 2.75) is 20.3 Å². The van der Waals surface area contributed by atoms with Crippen LogP contribution in [0, 0.1) is 5.92 Å². The van der Waals surface area contributed by atoms with Crippen molar-refractivity contribution >= 4 is 29.1 Å². The second kappa shape index (κ2) is 9.43. The largest absolute Gasteiger partial charge is 0.351 e. The normalized spacial score (nSPS) is 12.0. The Bertz CT molecular complexity index is 506. The van der Waals surface area contributed by atoms with E-state index in [1.165, 1.54) is 0 Å². The van der Waals surface area contributed by atoms with Gasteiger partial charge in [0, 0.05) is 6.54 Å². The van der Waals surface area contributed by atoms with Crippen LogP contribution in [-0.2, 0) is 9.59 Å². The summed E-state index contributed by atoms with van der Waals surface area (Å²) in [6.07, 6.45) is 0.956. The summed E-state index contributed by atoms with van der Waals surface area (Å²) in [4.78, 5) is 24.5. The van der Waals surface area contributed by atoms with Gasteiger partial charge in [0.2, 0.25) is 0 Å². The van der Waals surface area contributed by atoms with Crippen LogP contribution in [0.4, 0.5) is 5.69 Å². The number of likely N-dealkylation sites (N-methyl/N-ethyl adjacent to an activating group) is 1. The summed E-state index contributed by atoms with van der Waals surface area (Å²) in [6, 6.07) is 7.07. The van der Waals surface area contributed by atoms with Gasteiger partial charge in [0.1, 0.15) is 0 Å². The maximum Gasteiger partial charge on any atom is 0.279 e. The smallest absolute Gasteiger partial charge is 0.279 e. The SMILES string of the molecule is CC(C)CCNC(=O)C[NH+](C)CC(=O)Nc1ccccc1Cl. The van der Waals surface area contributed by atoms with Crippen molar-refractivity contribution in [1.29, 1.82) is 0 Å². The Labute approximate surface area is 137 Å². The minimum Gasteiger partial charge on any atom is -0.351 e. The van der Waals surface area contributed by atoms with Crippen LogP contribution in [0.3, 0.4) is 0 Å². The monoisotopic (exact) mass is 326 g/mol. The minimum absolute atomic E-state index is 0.0382. The fraction of sp³-hybridized carbons (Fsp3) is 0.500. The summed E-state index contributed by atoms with van der Waals surface area (Å²) in [5, 5.41) is 6.11. The average Bonchev–Trinajstić information content (AvgIpc) is 2.40. The molecule has 3 N–H and O–H groups in total. The lowest BCUT2D eigenvalue weighted by molar-refractivity contribution is -0.862. The van der Waals surface area contributed by atoms with Crippen molar-refractivity contribution in [2.24, 2.45) is 5.92 Å². The second-order valence-electron chi connectivity index (χ2n) is 5.87. The van der Waals surface area contributed by atoms with E-state index in [9.17, 15) is 9.59 Å². The molecule has 5 nitrogen and oxygen atoms in total. The number of anilines is 1. The van der Waals surface area contributed by atoms with Gasteiger partial charge in [-0.25, -0.2) is 0 Å². The predicted octanol–water partition coefficient (Wildman–Crippen LogP) is 0.956. The Morgan fingerprint density at radius 2 is 1.82 bits per heavy atom. The fourth-order valence-electron chi connectivity index (χ4n) is 1.93. The number of carbonyl (C=O) groups is 2. The van der Waals surface area contributed by atoms with E-state index in [0.717, 1.165) is 11.3 Å². The molecule has 122 valence electrons. The Morgan fingerprint density at radius 1 is 1.18 bits per heavy atom. The number of amides is 2. The first-order chi connectivity index (χ1) is 10.4. The summed E-state index contributed by atoms with van der Waals surface area (Å²) in [6.45, 7) is 5.39. The lowest BCUT2D eigenvalue weighted by Gasteiger charge is -2.14. The molecule has 0 heterocycles. The van der Waals surface area contributed by atoms with Crippen LogP contribution in [0.2, 0.25) is 5.02 Å². The summed E-state index contributed by atoms with van der Waals surface area (Å²) in [7, 11) is 1.81. The van der Waals surface area contributed by atoms with Gasteiger partial charge >= 0.3 is 0 Å². The number of hydrogen-bond donors (Lipinski definition) is 3. The molecule has 22 heavy (non-hydrogen) atoms. The Balaban J connectivity index is 2.32. The van der Waals surface area contributed by atoms with Gasteiger partial charge in [0.25, 0.3) is 11.8 Å². The van der Waals surface area contributed by atoms with Gasteiger partial charge < -0.3 is 15.5 Å². The third kappa shape index (κ3) is 7.43. The first kappa shape index (κ1) is 18.5. The lowest BCUT2D eigenvalue weighted by atomic mass is 10.1. The molecule has 6 heteroatoms. The Kier molecular flexibility index (Phi) is 7.91. The molecule has 0 saturated carbocycles. The average molecular weight is 327 g/mol. The number of carbonyl (C=O) groups excluding carboxylic acids is 2. The number of para-hydroxylation sites is 1. The van der Waals surface area contributed by atoms with Crippen molar-refractivity contribution < 1.29 is 14.5 Å². The van der Waals surface area contributed by atoms with Crippen LogP contribution >= 0.6 is 11.6 Å². The first-order valence-corrected chi connectivity index (χ1v) is 7.88. The van der Waals surface area contributed by atoms with E-state index in [0.29, 0.717) is 23.2 Å². The molecule has 0 bridgehead atoms. The van der Waals surface area contributed by atoms with Crippen molar-refractivity contribution in [3.63, 3.8) is 0 Å². The highest BCUT2D eigenvalue weighted by Gasteiger charge is 2.14. The van der Waals surface area contributed by atoms with Crippen LogP contribution in [-0.4, -0.2) is 38.5 Å². The quantitative estimate of drug-likeness (QED) is 0.666. The molecule has 1 atom stereocenters. The molecular weight excluding hydrogens is 302 g/mol. The highest BCUT2D eigenvalue weighted by atomic mass is 35.5. The fourth-order valence-corrected chi connectivity index (χ4v) is 2.11. The van der Waals surface area contributed by atoms with Gasteiger partial charge in [-0.15, -0.1) is 0 Å². The Hall–Kier alpha value is -1.59. The van der Waals surface area contributed by atoms with E-state index in [-0.39, 0.29) is 24.9 Å². The van der Waals surface area contributed by atoms with Crippen molar-refractivity contribution in [3.8, 4) is 0 Å². The predicted molar refractivity (Wildman–Crippen MR) is 89.2 cm³/mol. The van der Waals surface area contributed by atoms with Crippen LogP contribution in [0.1, 0.15) is 20.3 Å². The molecule has 0 saturated heterocycles. The zero-order chi connectivity index (χ0) is 16.5. The van der Waals surface area contributed by atoms with Gasteiger partial charge in [-0.1, -0.05) is 37.6 Å². The highest BCUT2D eigenvalue weighted by molar-refractivity contribution is 6.33. The van der Waals surface area contributed by atoms with Gasteiger partial charge in [-0.3, -0.25) is 9.59 Å². The van der Waals surface area contributed by atoms with E-state index in [2.05, 4.69) is 24.5 Å². The molecule has 0 aromatic heterocycles. The summed E-state index contributed by atoms with van der Waals surface area (Å²) in [5.74, 6) is 0.357. The zero-order valence-corrected chi connectivity index (χ0v) is 14.2. The topological polar surface area (TPSA) is 62.6 Å². The zero-order valence-electron chi connectivity index (χ0n) is 13.4. The summed E-state index contributed by atoms with van der Waals surface area (Å²) < 4.78 is 0. The molecule has 0 radical (unpaired) electrons. The molecular formula is C16H25ClN3O2+. The maximum absolute atomic E-state index is 11.9. The van der Waals surface area contributed by atoms with Crippen molar-refractivity contribution in [1.82, 2.24) is 5.32 Å². The molecule has 1 unspecified atom stereocenters. The van der Waals surface area contributed by atoms with Gasteiger partial charge in [-0.2, -0.15) is 0 Å². The molecule has 1 aromatic rings. The third-order valence-corrected chi connectivity index (χ3v) is 3.45. The highest BCUT2D eigenvalue weighted by Crippen LogP contribution is 2.19. The van der Waals surface area contributed by atoms with E-state index >= 15 is 0 Å². The van der Waals surface area contributed by atoms with Crippen molar-refractivity contribution in [3.05, 3.63) is 29.3 Å². The standard InChI is InChI=1S/C16H24ClN3O2/c1-12(2)8-9-18-15(21)10-20(3)11-16(22)19-14-7-5-4-6-13(14)17/h4-7,12H,8-11H2,1-3H3,(H,18,21)(H,19,22)/p+1. The second-order valence-corrected chi connectivity index (χ2v) is 6.28. The Morgan fingerprint density at radius 3 is 2.45 bits per heavy atom. The molecule has 0 aliphatic rings. The van der Waals surface area contributed by atoms with Crippen LogP contribution in [0.5, 0.6) is 0 Å². The van der Waals surface area contributed by atoms with Gasteiger partial charge in [-0.05, 0) is 24.5 Å². The lowest BCUT2D eigenvalue weighted by Crippen LogP contribution is -3.11.